The van der Waals surface area contributed by atoms with Gasteiger partial charge in [0.25, 0.3) is 0 Å². The number of hydrogen-bond donors (Lipinski definition) is 3. The van der Waals surface area contributed by atoms with Gasteiger partial charge in [0.2, 0.25) is 5.91 Å². The highest BCUT2D eigenvalue weighted by Gasteiger charge is 2.44. The van der Waals surface area contributed by atoms with Crippen molar-refractivity contribution in [2.45, 2.75) is 32.7 Å². The molecule has 1 aliphatic rings. The highest BCUT2D eigenvalue weighted by Crippen LogP contribution is 2.31. The van der Waals surface area contributed by atoms with Crippen molar-refractivity contribution in [3.05, 3.63) is 21.9 Å². The van der Waals surface area contributed by atoms with Crippen molar-refractivity contribution in [1.82, 2.24) is 5.32 Å². The van der Waals surface area contributed by atoms with Crippen LogP contribution in [0.4, 0.5) is 0 Å². The summed E-state index contributed by atoms with van der Waals surface area (Å²) in [5.41, 5.74) is 6.05. The Kier molecular flexibility index (Phi) is 5.19. The molecule has 1 aromatic heterocycles. The van der Waals surface area contributed by atoms with E-state index >= 15 is 0 Å². The summed E-state index contributed by atoms with van der Waals surface area (Å²) in [5, 5.41) is 17.0. The van der Waals surface area contributed by atoms with Gasteiger partial charge in [-0.15, -0.1) is 11.3 Å². The molecule has 1 fully saturated rings. The Hall–Kier alpha value is -1.60. The zero-order chi connectivity index (χ0) is 15.3. The maximum absolute atomic E-state index is 12.6. The molecule has 1 amide bonds. The van der Waals surface area contributed by atoms with Gasteiger partial charge in [-0.3, -0.25) is 4.79 Å². The van der Waals surface area contributed by atoms with Crippen molar-refractivity contribution in [2.24, 2.45) is 16.3 Å². The van der Waals surface area contributed by atoms with Crippen molar-refractivity contribution in [3.8, 4) is 0 Å². The highest BCUT2D eigenvalue weighted by molar-refractivity contribution is 7.10. The third-order valence-corrected chi connectivity index (χ3v) is 4.97. The minimum atomic E-state index is -0.962. The molecule has 2 heterocycles. The molecule has 0 unspecified atom stereocenters. The topological polar surface area (TPSA) is 96.9 Å². The van der Waals surface area contributed by atoms with E-state index in [9.17, 15) is 4.79 Å². The van der Waals surface area contributed by atoms with Crippen LogP contribution in [0.3, 0.4) is 0 Å². The Morgan fingerprint density at radius 1 is 1.57 bits per heavy atom. The van der Waals surface area contributed by atoms with Gasteiger partial charge >= 0.3 is 0 Å². The Morgan fingerprint density at radius 3 is 2.90 bits per heavy atom. The van der Waals surface area contributed by atoms with Gasteiger partial charge < -0.3 is 21.0 Å². The lowest BCUT2D eigenvalue weighted by Crippen LogP contribution is -2.52. The summed E-state index contributed by atoms with van der Waals surface area (Å²) in [6.07, 6.45) is 1.80. The molecule has 1 saturated heterocycles. The predicted octanol–water partition coefficient (Wildman–Crippen LogP) is 1.47. The minimum absolute atomic E-state index is 0.0369. The number of oxime groups is 1. The molecule has 0 atom stereocenters. The lowest BCUT2D eigenvalue weighted by Gasteiger charge is -2.34. The number of carbonyl (C=O) groups excluding carboxylic acids is 1. The summed E-state index contributed by atoms with van der Waals surface area (Å²) >= 11 is 1.63. The summed E-state index contributed by atoms with van der Waals surface area (Å²) in [5.74, 6) is -0.234. The highest BCUT2D eigenvalue weighted by atomic mass is 32.1. The van der Waals surface area contributed by atoms with Crippen molar-refractivity contribution in [2.75, 3.05) is 13.2 Å². The van der Waals surface area contributed by atoms with Crippen molar-refractivity contribution >= 4 is 23.1 Å². The molecule has 0 aromatic carbocycles. The van der Waals surface area contributed by atoms with Crippen LogP contribution in [0, 0.1) is 5.41 Å². The van der Waals surface area contributed by atoms with E-state index in [1.807, 2.05) is 5.38 Å². The summed E-state index contributed by atoms with van der Waals surface area (Å²) in [7, 11) is 0. The van der Waals surface area contributed by atoms with Crippen LogP contribution in [0.1, 0.15) is 30.2 Å². The summed E-state index contributed by atoms with van der Waals surface area (Å²) in [6.45, 7) is 3.43. The molecule has 21 heavy (non-hydrogen) atoms. The smallest absolute Gasteiger partial charge is 0.234 e. The minimum Gasteiger partial charge on any atom is -0.409 e. The number of aryl methyl sites for hydroxylation is 1. The largest absolute Gasteiger partial charge is 0.409 e. The second-order valence-corrected chi connectivity index (χ2v) is 6.09. The van der Waals surface area contributed by atoms with E-state index in [4.69, 9.17) is 15.7 Å². The second-order valence-electron chi connectivity index (χ2n) is 5.08. The van der Waals surface area contributed by atoms with Gasteiger partial charge in [0.1, 0.15) is 5.41 Å². The number of amides is 1. The monoisotopic (exact) mass is 311 g/mol. The van der Waals surface area contributed by atoms with Crippen LogP contribution in [0.2, 0.25) is 0 Å². The van der Waals surface area contributed by atoms with E-state index in [0.29, 0.717) is 32.6 Å². The molecule has 0 radical (unpaired) electrons. The second kappa shape index (κ2) is 6.91. The average Bonchev–Trinajstić information content (AvgIpc) is 2.99. The van der Waals surface area contributed by atoms with Gasteiger partial charge in [-0.2, -0.15) is 0 Å². The van der Waals surface area contributed by atoms with Gasteiger partial charge in [-0.1, -0.05) is 12.1 Å². The Balaban J connectivity index is 2.09. The van der Waals surface area contributed by atoms with E-state index < -0.39 is 5.41 Å². The van der Waals surface area contributed by atoms with Crippen molar-refractivity contribution < 1.29 is 14.7 Å². The first kappa shape index (κ1) is 15.8. The van der Waals surface area contributed by atoms with Crippen LogP contribution in [0.5, 0.6) is 0 Å². The SMILES string of the molecule is CCc1ccsc1CNC(=O)C1(/C(N)=N/O)CCOCC1. The standard InChI is InChI=1S/C14H21N3O3S/c1-2-10-3-8-21-11(10)9-16-13(18)14(12(15)17-19)4-6-20-7-5-14/h3,8,19H,2,4-7,9H2,1H3,(H2,15,17)(H,16,18). The fourth-order valence-corrected chi connectivity index (χ4v) is 3.50. The van der Waals surface area contributed by atoms with Crippen LogP contribution < -0.4 is 11.1 Å². The first-order valence-corrected chi connectivity index (χ1v) is 7.91. The number of amidine groups is 1. The number of thiophene rings is 1. The number of hydrogen-bond acceptors (Lipinski definition) is 5. The number of carbonyl (C=O) groups is 1. The summed E-state index contributed by atoms with van der Waals surface area (Å²) in [4.78, 5) is 13.7. The molecule has 4 N–H and O–H groups in total. The fourth-order valence-electron chi connectivity index (χ4n) is 2.58. The normalized spacial score (nSPS) is 18.4. The molecule has 0 aliphatic carbocycles. The van der Waals surface area contributed by atoms with Crippen LogP contribution >= 0.6 is 11.3 Å². The molecule has 1 aliphatic heterocycles. The van der Waals surface area contributed by atoms with Gasteiger partial charge in [0.15, 0.2) is 5.84 Å². The lowest BCUT2D eigenvalue weighted by molar-refractivity contribution is -0.131. The molecule has 116 valence electrons. The average molecular weight is 311 g/mol. The molecular formula is C14H21N3O3S. The number of nitrogens with one attached hydrogen (secondary N) is 1. The molecular weight excluding hydrogens is 290 g/mol. The molecule has 0 saturated carbocycles. The maximum Gasteiger partial charge on any atom is 0.234 e. The molecule has 0 bridgehead atoms. The summed E-state index contributed by atoms with van der Waals surface area (Å²) in [6, 6.07) is 2.07. The number of ether oxygens (including phenoxy) is 1. The van der Waals surface area contributed by atoms with Crippen molar-refractivity contribution in [1.29, 1.82) is 0 Å². The molecule has 7 heteroatoms. The van der Waals surface area contributed by atoms with Crippen LogP contribution in [0.25, 0.3) is 0 Å². The Bertz CT molecular complexity index is 521. The zero-order valence-corrected chi connectivity index (χ0v) is 12.9. The van der Waals surface area contributed by atoms with E-state index in [0.717, 1.165) is 11.3 Å². The van der Waals surface area contributed by atoms with Gasteiger partial charge in [-0.05, 0) is 36.3 Å². The van der Waals surface area contributed by atoms with Gasteiger partial charge in [0, 0.05) is 18.1 Å². The van der Waals surface area contributed by atoms with Gasteiger partial charge in [0.05, 0.1) is 6.54 Å². The molecule has 0 spiro atoms. The lowest BCUT2D eigenvalue weighted by atomic mass is 9.78. The first-order chi connectivity index (χ1) is 10.1. The van der Waals surface area contributed by atoms with Crippen LogP contribution in [0.15, 0.2) is 16.6 Å². The third kappa shape index (κ3) is 3.19. The van der Waals surface area contributed by atoms with E-state index in [-0.39, 0.29) is 11.7 Å². The van der Waals surface area contributed by atoms with E-state index in [1.54, 1.807) is 11.3 Å². The number of rotatable bonds is 5. The summed E-state index contributed by atoms with van der Waals surface area (Å²) < 4.78 is 5.29. The Labute approximate surface area is 128 Å². The molecule has 1 aromatic rings. The molecule has 6 nitrogen and oxygen atoms in total. The van der Waals surface area contributed by atoms with E-state index in [2.05, 4.69) is 23.5 Å². The van der Waals surface area contributed by atoms with Gasteiger partial charge in [-0.25, -0.2) is 0 Å². The number of nitrogens with two attached hydrogens (primary N) is 1. The number of nitrogens with zero attached hydrogens (tertiary/aromatic N) is 1. The van der Waals surface area contributed by atoms with Crippen LogP contribution in [-0.4, -0.2) is 30.2 Å². The Morgan fingerprint density at radius 2 is 2.29 bits per heavy atom. The quantitative estimate of drug-likeness (QED) is 0.332. The molecule has 2 rings (SSSR count). The fraction of sp³-hybridized carbons (Fsp3) is 0.571. The maximum atomic E-state index is 12.6. The van der Waals surface area contributed by atoms with Crippen LogP contribution in [-0.2, 0) is 22.5 Å². The predicted molar refractivity (Wildman–Crippen MR) is 81.4 cm³/mol. The zero-order valence-electron chi connectivity index (χ0n) is 12.1. The van der Waals surface area contributed by atoms with Crippen molar-refractivity contribution in [3.63, 3.8) is 0 Å². The van der Waals surface area contributed by atoms with E-state index in [1.165, 1.54) is 5.56 Å². The first-order valence-electron chi connectivity index (χ1n) is 7.03. The third-order valence-electron chi connectivity index (χ3n) is 4.01.